The zero-order valence-electron chi connectivity index (χ0n) is 11.3. The lowest BCUT2D eigenvalue weighted by molar-refractivity contribution is -0.127. The van der Waals surface area contributed by atoms with Gasteiger partial charge in [-0.15, -0.1) is 0 Å². The molecule has 1 saturated carbocycles. The Bertz CT molecular complexity index is 354. The van der Waals surface area contributed by atoms with Gasteiger partial charge in [0.05, 0.1) is 12.5 Å². The van der Waals surface area contributed by atoms with E-state index in [2.05, 4.69) is 30.6 Å². The van der Waals surface area contributed by atoms with Crippen molar-refractivity contribution in [3.8, 4) is 0 Å². The van der Waals surface area contributed by atoms with Gasteiger partial charge in [-0.1, -0.05) is 25.5 Å². The van der Waals surface area contributed by atoms with Crippen LogP contribution in [0, 0.1) is 17.3 Å². The number of carbonyl (C=O) groups is 2. The van der Waals surface area contributed by atoms with Gasteiger partial charge < -0.3 is 10.6 Å². The zero-order chi connectivity index (χ0) is 13.2. The number of rotatable bonds is 4. The Hall–Kier alpha value is -1.32. The van der Waals surface area contributed by atoms with E-state index in [1.165, 1.54) is 5.57 Å². The first kappa shape index (κ1) is 13.7. The summed E-state index contributed by atoms with van der Waals surface area (Å²) in [6.45, 7) is 8.30. The zero-order valence-corrected chi connectivity index (χ0v) is 11.3. The Morgan fingerprint density at radius 1 is 1.29 bits per heavy atom. The fraction of sp³-hybridized carbons (Fsp3) is 0.692. The van der Waals surface area contributed by atoms with E-state index in [0.717, 1.165) is 0 Å². The van der Waals surface area contributed by atoms with Crippen molar-refractivity contribution < 1.29 is 9.59 Å². The Kier molecular flexibility index (Phi) is 3.96. The highest BCUT2D eigenvalue weighted by Gasteiger charge is 2.60. The summed E-state index contributed by atoms with van der Waals surface area (Å²) in [5.74, 6) is 0.0796. The molecular formula is C13H22N2O2. The Morgan fingerprint density at radius 2 is 1.88 bits per heavy atom. The van der Waals surface area contributed by atoms with E-state index in [-0.39, 0.29) is 35.6 Å². The summed E-state index contributed by atoms with van der Waals surface area (Å²) in [6, 6.07) is 0. The van der Waals surface area contributed by atoms with Crippen molar-refractivity contribution in [1.82, 2.24) is 10.6 Å². The second-order valence-corrected chi connectivity index (χ2v) is 5.46. The lowest BCUT2D eigenvalue weighted by Gasteiger charge is -2.04. The molecule has 1 rings (SSSR count). The summed E-state index contributed by atoms with van der Waals surface area (Å²) in [4.78, 5) is 23.0. The third kappa shape index (κ3) is 3.08. The minimum absolute atomic E-state index is 0.00401. The lowest BCUT2D eigenvalue weighted by Crippen LogP contribution is -2.36. The number of nitrogens with one attached hydrogen (secondary N) is 2. The molecule has 0 unspecified atom stereocenters. The van der Waals surface area contributed by atoms with Crippen LogP contribution >= 0.6 is 0 Å². The highest BCUT2D eigenvalue weighted by atomic mass is 16.2. The van der Waals surface area contributed by atoms with Gasteiger partial charge in [-0.2, -0.15) is 0 Å². The van der Waals surface area contributed by atoms with Crippen molar-refractivity contribution in [3.05, 3.63) is 11.6 Å². The van der Waals surface area contributed by atoms with Crippen LogP contribution in [0.4, 0.5) is 0 Å². The van der Waals surface area contributed by atoms with Crippen LogP contribution in [-0.4, -0.2) is 25.4 Å². The first-order chi connectivity index (χ1) is 7.80. The van der Waals surface area contributed by atoms with Gasteiger partial charge in [0.1, 0.15) is 0 Å². The number of allylic oxidation sites excluding steroid dienone is 2. The van der Waals surface area contributed by atoms with Crippen molar-refractivity contribution >= 4 is 11.8 Å². The molecule has 0 spiro atoms. The van der Waals surface area contributed by atoms with Crippen molar-refractivity contribution in [2.45, 2.75) is 27.7 Å². The highest BCUT2D eigenvalue weighted by molar-refractivity contribution is 5.88. The molecule has 0 bridgehead atoms. The van der Waals surface area contributed by atoms with E-state index >= 15 is 0 Å². The van der Waals surface area contributed by atoms with Gasteiger partial charge in [0.15, 0.2) is 0 Å². The monoisotopic (exact) mass is 238 g/mol. The summed E-state index contributed by atoms with van der Waals surface area (Å²) >= 11 is 0. The Morgan fingerprint density at radius 3 is 2.35 bits per heavy atom. The molecule has 17 heavy (non-hydrogen) atoms. The fourth-order valence-corrected chi connectivity index (χ4v) is 2.21. The van der Waals surface area contributed by atoms with Gasteiger partial charge in [0.25, 0.3) is 0 Å². The second kappa shape index (κ2) is 4.90. The summed E-state index contributed by atoms with van der Waals surface area (Å²) in [5, 5.41) is 5.15. The molecule has 2 atom stereocenters. The number of carbonyl (C=O) groups excluding carboxylic acids is 2. The number of hydrogen-bond donors (Lipinski definition) is 2. The summed E-state index contributed by atoms with van der Waals surface area (Å²) in [6.07, 6.45) is 2.14. The molecule has 0 aromatic carbocycles. The predicted molar refractivity (Wildman–Crippen MR) is 67.3 cm³/mol. The molecule has 0 heterocycles. The molecule has 96 valence electrons. The molecule has 1 aliphatic carbocycles. The maximum atomic E-state index is 11.9. The molecule has 1 aliphatic rings. The van der Waals surface area contributed by atoms with Crippen molar-refractivity contribution in [2.24, 2.45) is 17.3 Å². The first-order valence-corrected chi connectivity index (χ1v) is 5.94. The lowest BCUT2D eigenvalue weighted by atomic mass is 10.1. The summed E-state index contributed by atoms with van der Waals surface area (Å²) in [5.41, 5.74) is 1.23. The van der Waals surface area contributed by atoms with Gasteiger partial charge in [-0.05, 0) is 25.2 Å². The maximum Gasteiger partial charge on any atom is 0.239 e. The molecule has 1 fully saturated rings. The largest absolute Gasteiger partial charge is 0.358 e. The molecule has 2 N–H and O–H groups in total. The number of hydrogen-bond acceptors (Lipinski definition) is 2. The minimum Gasteiger partial charge on any atom is -0.358 e. The molecule has 0 aromatic rings. The van der Waals surface area contributed by atoms with Crippen LogP contribution in [-0.2, 0) is 9.59 Å². The van der Waals surface area contributed by atoms with Crippen molar-refractivity contribution in [1.29, 1.82) is 0 Å². The van der Waals surface area contributed by atoms with E-state index in [0.29, 0.717) is 0 Å². The Labute approximate surface area is 103 Å². The van der Waals surface area contributed by atoms with Gasteiger partial charge in [-0.25, -0.2) is 0 Å². The van der Waals surface area contributed by atoms with Crippen LogP contribution in [0.5, 0.6) is 0 Å². The Balaban J connectivity index is 2.54. The third-order valence-corrected chi connectivity index (χ3v) is 3.41. The average molecular weight is 238 g/mol. The van der Waals surface area contributed by atoms with Crippen LogP contribution < -0.4 is 10.6 Å². The summed E-state index contributed by atoms with van der Waals surface area (Å²) in [7, 11) is 1.56. The van der Waals surface area contributed by atoms with E-state index in [4.69, 9.17) is 0 Å². The molecule has 4 nitrogen and oxygen atoms in total. The molecule has 0 saturated heterocycles. The van der Waals surface area contributed by atoms with E-state index < -0.39 is 0 Å². The molecule has 2 amide bonds. The number of amides is 2. The smallest absolute Gasteiger partial charge is 0.239 e. The third-order valence-electron chi connectivity index (χ3n) is 3.41. The normalized spacial score (nSPS) is 24.8. The second-order valence-electron chi connectivity index (χ2n) is 5.46. The van der Waals surface area contributed by atoms with Crippen LogP contribution in [0.15, 0.2) is 11.6 Å². The standard InChI is InChI=1S/C13H22N2O2/c1-8(2)6-9-11(13(9,3)4)12(17)15-7-10(16)14-5/h6,9,11H,7H2,1-5H3,(H,14,16)(H,15,17)/t9-,11-/m0/s1. The first-order valence-electron chi connectivity index (χ1n) is 5.94. The van der Waals surface area contributed by atoms with E-state index in [9.17, 15) is 9.59 Å². The van der Waals surface area contributed by atoms with Crippen LogP contribution in [0.3, 0.4) is 0 Å². The van der Waals surface area contributed by atoms with Crippen LogP contribution in [0.2, 0.25) is 0 Å². The number of likely N-dealkylation sites (N-methyl/N-ethyl adjacent to an activating group) is 1. The van der Waals surface area contributed by atoms with Crippen molar-refractivity contribution in [2.75, 3.05) is 13.6 Å². The topological polar surface area (TPSA) is 58.2 Å². The quantitative estimate of drug-likeness (QED) is 0.720. The van der Waals surface area contributed by atoms with Gasteiger partial charge >= 0.3 is 0 Å². The van der Waals surface area contributed by atoms with Gasteiger partial charge in [0, 0.05) is 7.05 Å². The molecular weight excluding hydrogens is 216 g/mol. The maximum absolute atomic E-state index is 11.9. The summed E-state index contributed by atoms with van der Waals surface area (Å²) < 4.78 is 0. The predicted octanol–water partition coefficient (Wildman–Crippen LogP) is 1.09. The van der Waals surface area contributed by atoms with Crippen molar-refractivity contribution in [3.63, 3.8) is 0 Å². The minimum atomic E-state index is -0.171. The molecule has 0 aliphatic heterocycles. The molecule has 0 radical (unpaired) electrons. The highest BCUT2D eigenvalue weighted by Crippen LogP contribution is 2.59. The van der Waals surface area contributed by atoms with Gasteiger partial charge in [0.2, 0.25) is 11.8 Å². The van der Waals surface area contributed by atoms with E-state index in [1.54, 1.807) is 7.05 Å². The van der Waals surface area contributed by atoms with Gasteiger partial charge in [-0.3, -0.25) is 9.59 Å². The molecule has 4 heteroatoms. The fourth-order valence-electron chi connectivity index (χ4n) is 2.21. The molecule has 0 aromatic heterocycles. The average Bonchev–Trinajstić information content (AvgIpc) is 2.75. The van der Waals surface area contributed by atoms with E-state index in [1.807, 2.05) is 13.8 Å². The van der Waals surface area contributed by atoms with Crippen LogP contribution in [0.1, 0.15) is 27.7 Å². The van der Waals surface area contributed by atoms with Crippen LogP contribution in [0.25, 0.3) is 0 Å². The SMILES string of the molecule is CNC(=O)CNC(=O)[C@@H]1[C@H](C=C(C)C)C1(C)C.